The number of halogens is 1. The summed E-state index contributed by atoms with van der Waals surface area (Å²) in [6.07, 6.45) is 5.29. The van der Waals surface area contributed by atoms with Crippen molar-refractivity contribution in [3.8, 4) is 0 Å². The fraction of sp³-hybridized carbons (Fsp3) is 0.579. The normalized spacial score (nSPS) is 20.1. The highest BCUT2D eigenvalue weighted by Crippen LogP contribution is 2.32. The van der Waals surface area contributed by atoms with Gasteiger partial charge >= 0.3 is 0 Å². The summed E-state index contributed by atoms with van der Waals surface area (Å²) in [5.74, 6) is 0. The number of likely N-dealkylation sites (N-methyl/N-ethyl adjacent to an activating group) is 1. The summed E-state index contributed by atoms with van der Waals surface area (Å²) >= 11 is 6.27. The molecule has 2 aromatic rings. The van der Waals surface area contributed by atoms with Crippen LogP contribution in [0.4, 0.5) is 0 Å². The molecule has 0 bridgehead atoms. The van der Waals surface area contributed by atoms with Crippen molar-refractivity contribution in [2.75, 3.05) is 33.2 Å². The Bertz CT molecular complexity index is 700. The molecule has 0 radical (unpaired) electrons. The van der Waals surface area contributed by atoms with Crippen molar-refractivity contribution in [2.24, 2.45) is 0 Å². The zero-order chi connectivity index (χ0) is 15.8. The van der Waals surface area contributed by atoms with E-state index < -0.39 is 0 Å². The smallest absolute Gasteiger partial charge is 0.0487 e. The lowest BCUT2D eigenvalue weighted by Crippen LogP contribution is -2.33. The van der Waals surface area contributed by atoms with Crippen molar-refractivity contribution in [1.82, 2.24) is 14.4 Å². The molecule has 1 aromatic carbocycles. The van der Waals surface area contributed by atoms with E-state index in [0.717, 1.165) is 31.1 Å². The minimum Gasteiger partial charge on any atom is -0.343 e. The van der Waals surface area contributed by atoms with Crippen LogP contribution in [0.1, 0.15) is 30.5 Å². The molecule has 0 N–H and O–H groups in total. The van der Waals surface area contributed by atoms with Gasteiger partial charge in [-0.3, -0.25) is 0 Å². The molecular formula is C19H26ClN3. The summed E-state index contributed by atoms with van der Waals surface area (Å²) in [5.41, 5.74) is 4.40. The summed E-state index contributed by atoms with van der Waals surface area (Å²) in [4.78, 5) is 5.05. The molecular weight excluding hydrogens is 306 g/mol. The number of fused-ring (bicyclic) bond motifs is 3. The van der Waals surface area contributed by atoms with Gasteiger partial charge in [0.15, 0.2) is 0 Å². The lowest BCUT2D eigenvalue weighted by molar-refractivity contribution is 0.220. The second-order valence-corrected chi connectivity index (χ2v) is 7.56. The first-order chi connectivity index (χ1) is 11.2. The summed E-state index contributed by atoms with van der Waals surface area (Å²) in [5, 5.41) is 2.21. The topological polar surface area (TPSA) is 11.4 Å². The van der Waals surface area contributed by atoms with Crippen LogP contribution >= 0.6 is 11.6 Å². The average Bonchev–Trinajstić information content (AvgIpc) is 2.86. The van der Waals surface area contributed by atoms with Crippen molar-refractivity contribution in [1.29, 1.82) is 0 Å². The largest absolute Gasteiger partial charge is 0.343 e. The molecule has 0 amide bonds. The second kappa shape index (κ2) is 6.46. The highest BCUT2D eigenvalue weighted by molar-refractivity contribution is 6.31. The molecule has 0 spiro atoms. The van der Waals surface area contributed by atoms with E-state index in [-0.39, 0.29) is 0 Å². The third-order valence-electron chi connectivity index (χ3n) is 5.50. The molecule has 4 heteroatoms. The quantitative estimate of drug-likeness (QED) is 0.848. The molecule has 1 fully saturated rings. The van der Waals surface area contributed by atoms with E-state index in [2.05, 4.69) is 33.5 Å². The van der Waals surface area contributed by atoms with Gasteiger partial charge in [-0.15, -0.1) is 0 Å². The first-order valence-electron chi connectivity index (χ1n) is 8.93. The van der Waals surface area contributed by atoms with Crippen molar-refractivity contribution < 1.29 is 0 Å². The molecule has 4 rings (SSSR count). The van der Waals surface area contributed by atoms with Gasteiger partial charge in [0.05, 0.1) is 0 Å². The van der Waals surface area contributed by atoms with Crippen molar-refractivity contribution in [2.45, 2.75) is 38.8 Å². The molecule has 124 valence electrons. The van der Waals surface area contributed by atoms with E-state index in [1.807, 2.05) is 6.07 Å². The second-order valence-electron chi connectivity index (χ2n) is 7.13. The van der Waals surface area contributed by atoms with Gasteiger partial charge in [0.25, 0.3) is 0 Å². The van der Waals surface area contributed by atoms with Gasteiger partial charge in [0.1, 0.15) is 0 Å². The SMILES string of the molecule is CN1CCc2c(c3cc(Cl)ccc3n2CCN2CCCCC2)C1. The minimum absolute atomic E-state index is 0.849. The molecule has 3 nitrogen and oxygen atoms in total. The molecule has 0 unspecified atom stereocenters. The van der Waals surface area contributed by atoms with E-state index in [4.69, 9.17) is 11.6 Å². The van der Waals surface area contributed by atoms with E-state index in [0.29, 0.717) is 0 Å². The highest BCUT2D eigenvalue weighted by atomic mass is 35.5. The Morgan fingerprint density at radius 1 is 1.04 bits per heavy atom. The van der Waals surface area contributed by atoms with Crippen LogP contribution < -0.4 is 0 Å². The predicted octanol–water partition coefficient (Wildman–Crippen LogP) is 3.77. The molecule has 1 saturated heterocycles. The Kier molecular flexibility index (Phi) is 4.35. The summed E-state index contributed by atoms with van der Waals surface area (Å²) in [7, 11) is 2.21. The van der Waals surface area contributed by atoms with Crippen LogP contribution in [0, 0.1) is 0 Å². The minimum atomic E-state index is 0.849. The Balaban J connectivity index is 1.67. The van der Waals surface area contributed by atoms with E-state index >= 15 is 0 Å². The number of aromatic nitrogens is 1. The number of nitrogens with zero attached hydrogens (tertiary/aromatic N) is 3. The van der Waals surface area contributed by atoms with Gasteiger partial charge < -0.3 is 14.4 Å². The van der Waals surface area contributed by atoms with Gasteiger partial charge in [-0.25, -0.2) is 0 Å². The Labute approximate surface area is 143 Å². The average molecular weight is 332 g/mol. The highest BCUT2D eigenvalue weighted by Gasteiger charge is 2.22. The predicted molar refractivity (Wildman–Crippen MR) is 97.3 cm³/mol. The summed E-state index contributed by atoms with van der Waals surface area (Å²) in [6, 6.07) is 6.41. The maximum atomic E-state index is 6.27. The number of hydrogen-bond acceptors (Lipinski definition) is 2. The van der Waals surface area contributed by atoms with Crippen LogP contribution in [0.5, 0.6) is 0 Å². The van der Waals surface area contributed by atoms with E-state index in [1.54, 1.807) is 0 Å². The third-order valence-corrected chi connectivity index (χ3v) is 5.73. The molecule has 3 heterocycles. The van der Waals surface area contributed by atoms with Crippen molar-refractivity contribution in [3.63, 3.8) is 0 Å². The zero-order valence-corrected chi connectivity index (χ0v) is 14.8. The van der Waals surface area contributed by atoms with Gasteiger partial charge in [-0.1, -0.05) is 18.0 Å². The Hall–Kier alpha value is -1.03. The van der Waals surface area contributed by atoms with Gasteiger partial charge in [-0.05, 0) is 56.7 Å². The molecule has 23 heavy (non-hydrogen) atoms. The van der Waals surface area contributed by atoms with Crippen LogP contribution in [0.25, 0.3) is 10.9 Å². The number of hydrogen-bond donors (Lipinski definition) is 0. The fourth-order valence-electron chi connectivity index (χ4n) is 4.24. The van der Waals surface area contributed by atoms with Crippen LogP contribution in [-0.4, -0.2) is 47.6 Å². The number of piperidine rings is 1. The first-order valence-corrected chi connectivity index (χ1v) is 9.30. The van der Waals surface area contributed by atoms with E-state index in [9.17, 15) is 0 Å². The van der Waals surface area contributed by atoms with Crippen molar-refractivity contribution in [3.05, 3.63) is 34.5 Å². The third kappa shape index (κ3) is 3.02. The molecule has 0 atom stereocenters. The van der Waals surface area contributed by atoms with Crippen molar-refractivity contribution >= 4 is 22.5 Å². The number of rotatable bonds is 3. The molecule has 2 aliphatic heterocycles. The number of benzene rings is 1. The van der Waals surface area contributed by atoms with Gasteiger partial charge in [-0.2, -0.15) is 0 Å². The van der Waals surface area contributed by atoms with Crippen LogP contribution in [0.2, 0.25) is 5.02 Å². The lowest BCUT2D eigenvalue weighted by atomic mass is 10.1. The number of likely N-dealkylation sites (tertiary alicyclic amines) is 1. The maximum Gasteiger partial charge on any atom is 0.0487 e. The van der Waals surface area contributed by atoms with Crippen LogP contribution in [0.15, 0.2) is 18.2 Å². The summed E-state index contributed by atoms with van der Waals surface area (Å²) < 4.78 is 2.57. The Morgan fingerprint density at radius 3 is 2.70 bits per heavy atom. The molecule has 0 aliphatic carbocycles. The monoisotopic (exact) mass is 331 g/mol. The van der Waals surface area contributed by atoms with Gasteiger partial charge in [0.2, 0.25) is 0 Å². The van der Waals surface area contributed by atoms with Gasteiger partial charge in [0, 0.05) is 54.2 Å². The molecule has 0 saturated carbocycles. The van der Waals surface area contributed by atoms with E-state index in [1.165, 1.54) is 61.1 Å². The maximum absolute atomic E-state index is 6.27. The molecule has 1 aromatic heterocycles. The Morgan fingerprint density at radius 2 is 1.87 bits per heavy atom. The standard InChI is InChI=1S/C19H26ClN3/c1-21-10-7-19-17(14-21)16-13-15(20)5-6-18(16)23(19)12-11-22-8-3-2-4-9-22/h5-6,13H,2-4,7-12,14H2,1H3. The molecule has 2 aliphatic rings. The van der Waals surface area contributed by atoms with Crippen LogP contribution in [0.3, 0.4) is 0 Å². The summed E-state index contributed by atoms with van der Waals surface area (Å²) in [6.45, 7) is 7.03. The zero-order valence-electron chi connectivity index (χ0n) is 14.0. The fourth-order valence-corrected chi connectivity index (χ4v) is 4.41. The van der Waals surface area contributed by atoms with Crippen LogP contribution in [-0.2, 0) is 19.5 Å². The lowest BCUT2D eigenvalue weighted by Gasteiger charge is -2.28. The first kappa shape index (κ1) is 15.5.